The molecule has 12 heteroatoms. The number of amides is 2. The van der Waals surface area contributed by atoms with E-state index in [0.29, 0.717) is 15.9 Å². The lowest BCUT2D eigenvalue weighted by Gasteiger charge is -2.32. The minimum Gasteiger partial charge on any atom is -0.352 e. The summed E-state index contributed by atoms with van der Waals surface area (Å²) >= 11 is 5.81. The van der Waals surface area contributed by atoms with Crippen LogP contribution in [-0.2, 0) is 32.3 Å². The zero-order chi connectivity index (χ0) is 31.4. The van der Waals surface area contributed by atoms with Gasteiger partial charge in [0.2, 0.25) is 11.8 Å². The number of anilines is 1. The first-order valence-corrected chi connectivity index (χ1v) is 15.7. The van der Waals surface area contributed by atoms with Crippen LogP contribution in [0.4, 0.5) is 18.9 Å². The molecule has 0 bridgehead atoms. The Morgan fingerprint density at radius 1 is 1.00 bits per heavy atom. The molecule has 1 fully saturated rings. The molecule has 1 atom stereocenters. The fourth-order valence-corrected chi connectivity index (χ4v) is 6.77. The van der Waals surface area contributed by atoms with Crippen LogP contribution in [0.15, 0.2) is 77.7 Å². The average Bonchev–Trinajstić information content (AvgIpc) is 3.47. The van der Waals surface area contributed by atoms with Gasteiger partial charge in [-0.3, -0.25) is 13.9 Å². The number of carbonyl (C=O) groups excluding carboxylic acids is 2. The van der Waals surface area contributed by atoms with Crippen molar-refractivity contribution < 1.29 is 31.2 Å². The molecule has 1 N–H and O–H groups in total. The first-order chi connectivity index (χ1) is 20.3. The second kappa shape index (κ2) is 13.4. The molecule has 1 unspecified atom stereocenters. The summed E-state index contributed by atoms with van der Waals surface area (Å²) in [4.78, 5) is 28.3. The summed E-state index contributed by atoms with van der Waals surface area (Å²) < 4.78 is 69.6. The molecule has 3 aromatic rings. The van der Waals surface area contributed by atoms with E-state index in [2.05, 4.69) is 5.32 Å². The smallest absolute Gasteiger partial charge is 0.352 e. The van der Waals surface area contributed by atoms with Crippen LogP contribution < -0.4 is 9.62 Å². The number of carbonyl (C=O) groups is 2. The van der Waals surface area contributed by atoms with Crippen molar-refractivity contribution in [2.45, 2.75) is 69.2 Å². The molecule has 3 aromatic carbocycles. The van der Waals surface area contributed by atoms with E-state index in [1.165, 1.54) is 29.2 Å². The minimum atomic E-state index is -4.87. The van der Waals surface area contributed by atoms with E-state index in [0.717, 1.165) is 43.4 Å². The van der Waals surface area contributed by atoms with E-state index in [-0.39, 0.29) is 17.5 Å². The first kappa shape index (κ1) is 32.3. The Bertz CT molecular complexity index is 1560. The molecular weight excluding hydrogens is 603 g/mol. The largest absolute Gasteiger partial charge is 0.417 e. The Balaban J connectivity index is 1.75. The highest BCUT2D eigenvalue weighted by molar-refractivity contribution is 7.92. The minimum absolute atomic E-state index is 0.0179. The molecule has 43 heavy (non-hydrogen) atoms. The van der Waals surface area contributed by atoms with E-state index in [4.69, 9.17) is 11.6 Å². The summed E-state index contributed by atoms with van der Waals surface area (Å²) in [5.41, 5.74) is -0.0138. The third-order valence-corrected chi connectivity index (χ3v) is 9.58. The van der Waals surface area contributed by atoms with Crippen molar-refractivity contribution in [2.75, 3.05) is 10.8 Å². The summed E-state index contributed by atoms with van der Waals surface area (Å²) in [6, 6.07) is 16.1. The fourth-order valence-electron chi connectivity index (χ4n) is 5.12. The Labute approximate surface area is 254 Å². The van der Waals surface area contributed by atoms with Gasteiger partial charge < -0.3 is 10.2 Å². The zero-order valence-electron chi connectivity index (χ0n) is 23.8. The highest BCUT2D eigenvalue weighted by Gasteiger charge is 2.37. The number of sulfonamides is 1. The first-order valence-electron chi connectivity index (χ1n) is 13.9. The maximum absolute atomic E-state index is 14.0. The van der Waals surface area contributed by atoms with Gasteiger partial charge in [-0.2, -0.15) is 13.2 Å². The third kappa shape index (κ3) is 7.88. The molecule has 7 nitrogen and oxygen atoms in total. The van der Waals surface area contributed by atoms with Crippen LogP contribution in [0.3, 0.4) is 0 Å². The Kier molecular flexibility index (Phi) is 10.1. The number of benzene rings is 3. The molecule has 1 saturated carbocycles. The highest BCUT2D eigenvalue weighted by Crippen LogP contribution is 2.38. The third-order valence-electron chi connectivity index (χ3n) is 7.46. The van der Waals surface area contributed by atoms with E-state index in [1.54, 1.807) is 25.1 Å². The number of rotatable bonds is 10. The number of nitrogens with zero attached hydrogens (tertiary/aromatic N) is 2. The molecule has 0 aromatic heterocycles. The van der Waals surface area contributed by atoms with Crippen LogP contribution in [0.2, 0.25) is 5.02 Å². The van der Waals surface area contributed by atoms with Gasteiger partial charge in [-0.1, -0.05) is 72.5 Å². The molecule has 2 amide bonds. The lowest BCUT2D eigenvalue weighted by Crippen LogP contribution is -2.52. The van der Waals surface area contributed by atoms with E-state index in [1.807, 2.05) is 19.1 Å². The van der Waals surface area contributed by atoms with Gasteiger partial charge in [0, 0.05) is 12.6 Å². The summed E-state index contributed by atoms with van der Waals surface area (Å²) in [5.74, 6) is -1.16. The van der Waals surface area contributed by atoms with Crippen LogP contribution in [-0.4, -0.2) is 43.8 Å². The molecule has 4 rings (SSSR count). The van der Waals surface area contributed by atoms with Crippen molar-refractivity contribution >= 4 is 39.1 Å². The monoisotopic (exact) mass is 635 g/mol. The molecule has 0 heterocycles. The van der Waals surface area contributed by atoms with Crippen molar-refractivity contribution in [3.05, 3.63) is 94.5 Å². The van der Waals surface area contributed by atoms with E-state index >= 15 is 0 Å². The lowest BCUT2D eigenvalue weighted by atomic mass is 10.1. The number of alkyl halides is 3. The maximum atomic E-state index is 14.0. The Morgan fingerprint density at radius 2 is 1.67 bits per heavy atom. The second-order valence-electron chi connectivity index (χ2n) is 10.7. The molecule has 0 aliphatic heterocycles. The van der Waals surface area contributed by atoms with Gasteiger partial charge in [-0.25, -0.2) is 8.42 Å². The topological polar surface area (TPSA) is 86.8 Å². The van der Waals surface area contributed by atoms with Crippen LogP contribution in [0.1, 0.15) is 49.3 Å². The number of hydrogen-bond donors (Lipinski definition) is 1. The standard InChI is InChI=1S/C31H33ClF3N3O4S/c1-21-9-8-10-23(17-21)19-37(22(2)30(40)36-24-11-6-7-12-24)29(39)20-38(43(41,42)26-13-4-3-5-14-26)25-15-16-28(32)27(18-25)31(33,34)35/h3-5,8-10,13-18,22,24H,6-7,11-12,19-20H2,1-2H3,(H,36,40). The van der Waals surface area contributed by atoms with Gasteiger partial charge >= 0.3 is 6.18 Å². The summed E-state index contributed by atoms with van der Waals surface area (Å²) in [6.45, 7) is 2.55. The Morgan fingerprint density at radius 3 is 2.30 bits per heavy atom. The molecule has 1 aliphatic carbocycles. The maximum Gasteiger partial charge on any atom is 0.417 e. The normalized spacial score (nSPS) is 14.7. The van der Waals surface area contributed by atoms with Crippen LogP contribution in [0.25, 0.3) is 0 Å². The van der Waals surface area contributed by atoms with Crippen LogP contribution >= 0.6 is 11.6 Å². The average molecular weight is 636 g/mol. The molecule has 230 valence electrons. The lowest BCUT2D eigenvalue weighted by molar-refractivity contribution is -0.139. The highest BCUT2D eigenvalue weighted by atomic mass is 35.5. The fraction of sp³-hybridized carbons (Fsp3) is 0.355. The predicted octanol–water partition coefficient (Wildman–Crippen LogP) is 6.34. The van der Waals surface area contributed by atoms with Crippen molar-refractivity contribution in [1.29, 1.82) is 0 Å². The number of halogens is 4. The summed E-state index contributed by atoms with van der Waals surface area (Å²) in [5, 5.41) is 2.37. The molecule has 0 radical (unpaired) electrons. The summed E-state index contributed by atoms with van der Waals surface area (Å²) in [6.07, 6.45) is -1.25. The molecule has 0 saturated heterocycles. The van der Waals surface area contributed by atoms with Crippen molar-refractivity contribution in [3.63, 3.8) is 0 Å². The van der Waals surface area contributed by atoms with Crippen LogP contribution in [0.5, 0.6) is 0 Å². The molecule has 0 spiro atoms. The van der Waals surface area contributed by atoms with Gasteiger partial charge in [0.15, 0.2) is 0 Å². The number of nitrogens with one attached hydrogen (secondary N) is 1. The summed E-state index contributed by atoms with van der Waals surface area (Å²) in [7, 11) is -4.53. The molecular formula is C31H33ClF3N3O4S. The van der Waals surface area contributed by atoms with E-state index < -0.39 is 56.9 Å². The van der Waals surface area contributed by atoms with E-state index in [9.17, 15) is 31.2 Å². The quantitative estimate of drug-likeness (QED) is 0.282. The van der Waals surface area contributed by atoms with Crippen LogP contribution in [0, 0.1) is 6.92 Å². The zero-order valence-corrected chi connectivity index (χ0v) is 25.3. The van der Waals surface area contributed by atoms with Crippen molar-refractivity contribution in [3.8, 4) is 0 Å². The van der Waals surface area contributed by atoms with Gasteiger partial charge in [0.1, 0.15) is 12.6 Å². The van der Waals surface area contributed by atoms with Gasteiger partial charge in [0.05, 0.1) is 21.2 Å². The Hall–Kier alpha value is -3.57. The van der Waals surface area contributed by atoms with Gasteiger partial charge in [-0.05, 0) is 62.6 Å². The number of aryl methyl sites for hydroxylation is 1. The van der Waals surface area contributed by atoms with Crippen molar-refractivity contribution in [1.82, 2.24) is 10.2 Å². The van der Waals surface area contributed by atoms with Gasteiger partial charge in [-0.15, -0.1) is 0 Å². The molecule has 1 aliphatic rings. The van der Waals surface area contributed by atoms with Gasteiger partial charge in [0.25, 0.3) is 10.0 Å². The second-order valence-corrected chi connectivity index (χ2v) is 12.9. The predicted molar refractivity (Wildman–Crippen MR) is 159 cm³/mol. The van der Waals surface area contributed by atoms with Crippen molar-refractivity contribution in [2.24, 2.45) is 0 Å². The SMILES string of the molecule is Cc1cccc(CN(C(=O)CN(c2ccc(Cl)c(C(F)(F)F)c2)S(=O)(=O)c2ccccc2)C(C)C(=O)NC2CCCC2)c1. The number of hydrogen-bond acceptors (Lipinski definition) is 4.